The van der Waals surface area contributed by atoms with Gasteiger partial charge in [-0.15, -0.1) is 0 Å². The summed E-state index contributed by atoms with van der Waals surface area (Å²) in [6.45, 7) is 6.93. The molecule has 0 saturated heterocycles. The Morgan fingerprint density at radius 1 is 0.915 bits per heavy atom. The Morgan fingerprint density at radius 3 is 2.13 bits per heavy atom. The molecule has 4 aromatic carbocycles. The lowest BCUT2D eigenvalue weighted by molar-refractivity contribution is -0.140. The van der Waals surface area contributed by atoms with E-state index in [9.17, 15) is 18.0 Å². The lowest BCUT2D eigenvalue weighted by Gasteiger charge is -2.35. The number of ether oxygens (including phenoxy) is 1. The van der Waals surface area contributed by atoms with E-state index in [1.165, 1.54) is 36.3 Å². The maximum atomic E-state index is 14.6. The van der Waals surface area contributed by atoms with Crippen LogP contribution in [-0.4, -0.2) is 50.4 Å². The number of carbonyl (C=O) groups is 2. The lowest BCUT2D eigenvalue weighted by Crippen LogP contribution is -2.56. The summed E-state index contributed by atoms with van der Waals surface area (Å²) in [6.07, 6.45) is 0.212. The van der Waals surface area contributed by atoms with Crippen molar-refractivity contribution < 1.29 is 22.7 Å². The Balaban J connectivity index is 1.84. The molecule has 0 bridgehead atoms. The standard InChI is InChI=1S/C36H39BrClN3O5S/c1-25-11-18-30(19-12-25)47(44,45)41(29-17-20-33(46-5)31(38)22-29)24-34(42)40(23-27-13-15-28(37)16-14-27)32(35(43)39-36(2,3)4)21-26-9-7-6-8-10-26/h6-20,22,32H,21,23-24H2,1-5H3,(H,39,43)/t32-/m0/s1. The molecular weight excluding hydrogens is 702 g/mol. The third-order valence-electron chi connectivity index (χ3n) is 7.35. The number of rotatable bonds is 12. The van der Waals surface area contributed by atoms with Crippen LogP contribution in [0.1, 0.15) is 37.5 Å². The SMILES string of the molecule is COc1ccc(N(CC(=O)N(Cc2ccc(Br)cc2)[C@@H](Cc2ccccc2)C(=O)NC(C)(C)C)S(=O)(=O)c2ccc(C)cc2)cc1Cl. The molecule has 0 unspecified atom stereocenters. The first-order valence-corrected chi connectivity index (χ1v) is 17.6. The van der Waals surface area contributed by atoms with Crippen LogP contribution in [0, 0.1) is 6.92 Å². The first-order chi connectivity index (χ1) is 22.2. The smallest absolute Gasteiger partial charge is 0.264 e. The van der Waals surface area contributed by atoms with Gasteiger partial charge in [0, 0.05) is 23.0 Å². The van der Waals surface area contributed by atoms with Gasteiger partial charge in [0.05, 0.1) is 22.7 Å². The van der Waals surface area contributed by atoms with Crippen molar-refractivity contribution in [3.8, 4) is 5.75 Å². The summed E-state index contributed by atoms with van der Waals surface area (Å²) >= 11 is 9.91. The molecule has 0 aliphatic heterocycles. The summed E-state index contributed by atoms with van der Waals surface area (Å²) in [5.41, 5.74) is 2.09. The third-order valence-corrected chi connectivity index (χ3v) is 9.96. The summed E-state index contributed by atoms with van der Waals surface area (Å²) in [4.78, 5) is 30.1. The molecule has 0 fully saturated rings. The number of hydrogen-bond acceptors (Lipinski definition) is 5. The second-order valence-electron chi connectivity index (χ2n) is 12.2. The molecule has 0 aliphatic carbocycles. The van der Waals surface area contributed by atoms with Crippen LogP contribution in [-0.2, 0) is 32.6 Å². The van der Waals surface area contributed by atoms with Gasteiger partial charge >= 0.3 is 0 Å². The number of aryl methyl sites for hydroxylation is 1. The summed E-state index contributed by atoms with van der Waals surface area (Å²) in [5, 5.41) is 3.21. The van der Waals surface area contributed by atoms with E-state index in [2.05, 4.69) is 21.2 Å². The number of carbonyl (C=O) groups excluding carboxylic acids is 2. The molecule has 0 heterocycles. The average Bonchev–Trinajstić information content (AvgIpc) is 3.02. The van der Waals surface area contributed by atoms with Gasteiger partial charge < -0.3 is 15.0 Å². The maximum Gasteiger partial charge on any atom is 0.264 e. The molecule has 2 amide bonds. The van der Waals surface area contributed by atoms with Gasteiger partial charge in [0.2, 0.25) is 11.8 Å². The average molecular weight is 741 g/mol. The van der Waals surface area contributed by atoms with Gasteiger partial charge in [-0.3, -0.25) is 13.9 Å². The van der Waals surface area contributed by atoms with Gasteiger partial charge in [-0.05, 0) is 81.3 Å². The minimum Gasteiger partial charge on any atom is -0.495 e. The van der Waals surface area contributed by atoms with Gasteiger partial charge in [0.1, 0.15) is 18.3 Å². The van der Waals surface area contributed by atoms with Crippen molar-refractivity contribution in [2.45, 2.75) is 57.1 Å². The number of halogens is 2. The van der Waals surface area contributed by atoms with Gasteiger partial charge in [-0.1, -0.05) is 87.7 Å². The number of nitrogens with zero attached hydrogens (tertiary/aromatic N) is 2. The molecule has 4 aromatic rings. The summed E-state index contributed by atoms with van der Waals surface area (Å²) < 4.78 is 35.7. The van der Waals surface area contributed by atoms with Gasteiger partial charge in [0.25, 0.3) is 10.0 Å². The van der Waals surface area contributed by atoms with Crippen molar-refractivity contribution in [1.29, 1.82) is 0 Å². The van der Waals surface area contributed by atoms with E-state index in [0.29, 0.717) is 5.75 Å². The highest BCUT2D eigenvalue weighted by molar-refractivity contribution is 9.10. The normalized spacial score (nSPS) is 12.2. The minimum absolute atomic E-state index is 0.00797. The van der Waals surface area contributed by atoms with Crippen LogP contribution in [0.15, 0.2) is 106 Å². The van der Waals surface area contributed by atoms with Crippen molar-refractivity contribution in [3.05, 3.63) is 123 Å². The molecule has 1 N–H and O–H groups in total. The number of sulfonamides is 1. The van der Waals surface area contributed by atoms with Crippen LogP contribution in [0.4, 0.5) is 5.69 Å². The predicted molar refractivity (Wildman–Crippen MR) is 190 cm³/mol. The van der Waals surface area contributed by atoms with Gasteiger partial charge in [0.15, 0.2) is 0 Å². The topological polar surface area (TPSA) is 96.0 Å². The number of methoxy groups -OCH3 is 1. The van der Waals surface area contributed by atoms with E-state index in [-0.39, 0.29) is 34.5 Å². The zero-order valence-corrected chi connectivity index (χ0v) is 30.2. The van der Waals surface area contributed by atoms with Crippen LogP contribution in [0.2, 0.25) is 5.02 Å². The quantitative estimate of drug-likeness (QED) is 0.166. The fraction of sp³-hybridized carbons (Fsp3) is 0.278. The highest BCUT2D eigenvalue weighted by Crippen LogP contribution is 2.32. The maximum absolute atomic E-state index is 14.6. The van der Waals surface area contributed by atoms with Crippen molar-refractivity contribution in [3.63, 3.8) is 0 Å². The molecule has 0 saturated carbocycles. The monoisotopic (exact) mass is 739 g/mol. The van der Waals surface area contributed by atoms with Crippen molar-refractivity contribution in [2.24, 2.45) is 0 Å². The summed E-state index contributed by atoms with van der Waals surface area (Å²) in [5.74, 6) is -0.569. The Bertz CT molecular complexity index is 1800. The van der Waals surface area contributed by atoms with Gasteiger partial charge in [-0.2, -0.15) is 0 Å². The number of nitrogens with one attached hydrogen (secondary N) is 1. The molecule has 11 heteroatoms. The molecule has 47 heavy (non-hydrogen) atoms. The van der Waals surface area contributed by atoms with Crippen LogP contribution in [0.25, 0.3) is 0 Å². The van der Waals surface area contributed by atoms with Crippen LogP contribution >= 0.6 is 27.5 Å². The van der Waals surface area contributed by atoms with E-state index >= 15 is 0 Å². The molecular formula is C36H39BrClN3O5S. The predicted octanol–water partition coefficient (Wildman–Crippen LogP) is 7.17. The first-order valence-electron chi connectivity index (χ1n) is 15.0. The number of hydrogen-bond donors (Lipinski definition) is 1. The zero-order valence-electron chi connectivity index (χ0n) is 27.0. The Kier molecular flexibility index (Phi) is 11.8. The number of benzene rings is 4. The molecule has 8 nitrogen and oxygen atoms in total. The van der Waals surface area contributed by atoms with Crippen LogP contribution in [0.3, 0.4) is 0 Å². The first kappa shape index (κ1) is 36.0. The zero-order chi connectivity index (χ0) is 34.4. The van der Waals surface area contributed by atoms with Gasteiger partial charge in [-0.25, -0.2) is 8.42 Å². The number of amides is 2. The highest BCUT2D eigenvalue weighted by Gasteiger charge is 2.35. The van der Waals surface area contributed by atoms with E-state index in [1.807, 2.05) is 82.3 Å². The molecule has 0 aromatic heterocycles. The van der Waals surface area contributed by atoms with Crippen LogP contribution < -0.4 is 14.4 Å². The Morgan fingerprint density at radius 2 is 1.55 bits per heavy atom. The molecule has 4 rings (SSSR count). The molecule has 1 atom stereocenters. The third kappa shape index (κ3) is 9.59. The lowest BCUT2D eigenvalue weighted by atomic mass is 10.0. The number of anilines is 1. The Labute approximate surface area is 290 Å². The van der Waals surface area contributed by atoms with E-state index in [1.54, 1.807) is 18.2 Å². The van der Waals surface area contributed by atoms with E-state index in [0.717, 1.165) is 25.5 Å². The molecule has 0 aliphatic rings. The van der Waals surface area contributed by atoms with Crippen molar-refractivity contribution in [2.75, 3.05) is 18.0 Å². The summed E-state index contributed by atoms with van der Waals surface area (Å²) in [7, 11) is -2.81. The largest absolute Gasteiger partial charge is 0.495 e. The van der Waals surface area contributed by atoms with E-state index in [4.69, 9.17) is 16.3 Å². The van der Waals surface area contributed by atoms with Crippen LogP contribution in [0.5, 0.6) is 5.75 Å². The molecule has 248 valence electrons. The fourth-order valence-corrected chi connectivity index (χ4v) is 6.89. The summed E-state index contributed by atoms with van der Waals surface area (Å²) in [6, 6.07) is 26.8. The fourth-order valence-electron chi connectivity index (χ4n) is 4.97. The van der Waals surface area contributed by atoms with Crippen molar-refractivity contribution >= 4 is 55.1 Å². The Hall–Kier alpha value is -3.86. The molecule has 0 radical (unpaired) electrons. The second-order valence-corrected chi connectivity index (χ2v) is 15.4. The van der Waals surface area contributed by atoms with Crippen molar-refractivity contribution in [1.82, 2.24) is 10.2 Å². The van der Waals surface area contributed by atoms with E-state index < -0.39 is 34.1 Å². The molecule has 0 spiro atoms. The second kappa shape index (κ2) is 15.4. The minimum atomic E-state index is -4.27. The highest BCUT2D eigenvalue weighted by atomic mass is 79.9.